The number of nitrogens with one attached hydrogen (secondary N) is 1. The quantitative estimate of drug-likeness (QED) is 0.632. The molecule has 5 nitrogen and oxygen atoms in total. The Morgan fingerprint density at radius 1 is 1.04 bits per heavy atom. The van der Waals surface area contributed by atoms with Crippen molar-refractivity contribution < 1.29 is 9.53 Å². The van der Waals surface area contributed by atoms with Crippen molar-refractivity contribution in [2.75, 3.05) is 0 Å². The van der Waals surface area contributed by atoms with Crippen molar-refractivity contribution in [2.24, 2.45) is 0 Å². The summed E-state index contributed by atoms with van der Waals surface area (Å²) >= 11 is 0. The molecular weight excluding hydrogens is 338 g/mol. The maximum absolute atomic E-state index is 12.1. The van der Waals surface area contributed by atoms with Crippen LogP contribution in [-0.4, -0.2) is 15.7 Å². The van der Waals surface area contributed by atoms with Crippen LogP contribution in [0.15, 0.2) is 67.0 Å². The number of hydrogen-bond acceptors (Lipinski definition) is 3. The molecule has 3 aromatic rings. The fourth-order valence-corrected chi connectivity index (χ4v) is 2.81. The van der Waals surface area contributed by atoms with Crippen LogP contribution in [0.3, 0.4) is 0 Å². The van der Waals surface area contributed by atoms with Crippen LogP contribution in [0.5, 0.6) is 0 Å². The fraction of sp³-hybridized carbons (Fsp3) is 0.273. The van der Waals surface area contributed by atoms with Gasteiger partial charge < -0.3 is 10.1 Å². The number of aryl methyl sites for hydroxylation is 2. The van der Waals surface area contributed by atoms with E-state index in [4.69, 9.17) is 4.74 Å². The third-order valence-corrected chi connectivity index (χ3v) is 4.29. The van der Waals surface area contributed by atoms with Crippen molar-refractivity contribution in [1.29, 1.82) is 0 Å². The molecule has 1 N–H and O–H groups in total. The summed E-state index contributed by atoms with van der Waals surface area (Å²) in [6, 6.07) is 18.1. The largest absolute Gasteiger partial charge is 0.372 e. The van der Waals surface area contributed by atoms with Crippen molar-refractivity contribution in [3.8, 4) is 0 Å². The molecule has 140 valence electrons. The Labute approximate surface area is 160 Å². The fourth-order valence-electron chi connectivity index (χ4n) is 2.81. The van der Waals surface area contributed by atoms with Gasteiger partial charge in [-0.1, -0.05) is 54.6 Å². The molecule has 0 aliphatic carbocycles. The highest BCUT2D eigenvalue weighted by atomic mass is 16.5. The van der Waals surface area contributed by atoms with E-state index in [0.717, 1.165) is 22.3 Å². The SMILES string of the molecule is Cc1cnn(CCC(=O)NCc2ccccc2COCc2ccccc2)c1. The number of carbonyl (C=O) groups excluding carboxylic acids is 1. The number of hydrogen-bond donors (Lipinski definition) is 1. The zero-order valence-electron chi connectivity index (χ0n) is 15.6. The first-order valence-corrected chi connectivity index (χ1v) is 9.15. The van der Waals surface area contributed by atoms with Gasteiger partial charge in [-0.05, 0) is 29.2 Å². The number of nitrogens with zero attached hydrogens (tertiary/aromatic N) is 2. The van der Waals surface area contributed by atoms with Gasteiger partial charge >= 0.3 is 0 Å². The van der Waals surface area contributed by atoms with E-state index in [1.54, 1.807) is 10.9 Å². The Morgan fingerprint density at radius 3 is 2.52 bits per heavy atom. The van der Waals surface area contributed by atoms with Crippen molar-refractivity contribution >= 4 is 5.91 Å². The molecule has 1 amide bonds. The molecule has 0 bridgehead atoms. The molecule has 0 atom stereocenters. The second kappa shape index (κ2) is 9.69. The Balaban J connectivity index is 1.46. The van der Waals surface area contributed by atoms with Crippen LogP contribution in [0.2, 0.25) is 0 Å². The van der Waals surface area contributed by atoms with Crippen LogP contribution in [0.1, 0.15) is 28.7 Å². The average molecular weight is 363 g/mol. The Kier molecular flexibility index (Phi) is 6.77. The summed E-state index contributed by atoms with van der Waals surface area (Å²) in [4.78, 5) is 12.1. The molecule has 0 aliphatic heterocycles. The average Bonchev–Trinajstić information content (AvgIpc) is 3.12. The number of benzene rings is 2. The summed E-state index contributed by atoms with van der Waals surface area (Å²) < 4.78 is 7.63. The summed E-state index contributed by atoms with van der Waals surface area (Å²) in [5, 5.41) is 7.19. The maximum Gasteiger partial charge on any atom is 0.222 e. The summed E-state index contributed by atoms with van der Waals surface area (Å²) in [5.74, 6) is 0.0168. The minimum atomic E-state index is 0.0168. The van der Waals surface area contributed by atoms with E-state index in [9.17, 15) is 4.79 Å². The summed E-state index contributed by atoms with van der Waals surface area (Å²) in [6.45, 7) is 4.17. The molecule has 1 heterocycles. The summed E-state index contributed by atoms with van der Waals surface area (Å²) in [6.07, 6.45) is 4.14. The lowest BCUT2D eigenvalue weighted by atomic mass is 10.1. The van der Waals surface area contributed by atoms with Crippen LogP contribution in [-0.2, 0) is 35.8 Å². The minimum absolute atomic E-state index is 0.0168. The van der Waals surface area contributed by atoms with Gasteiger partial charge in [-0.3, -0.25) is 9.48 Å². The normalized spacial score (nSPS) is 10.7. The predicted octanol–water partition coefficient (Wildman–Crippen LogP) is 3.61. The van der Waals surface area contributed by atoms with E-state index in [-0.39, 0.29) is 5.91 Å². The van der Waals surface area contributed by atoms with Gasteiger partial charge in [0.1, 0.15) is 0 Å². The number of ether oxygens (including phenoxy) is 1. The predicted molar refractivity (Wildman–Crippen MR) is 105 cm³/mol. The lowest BCUT2D eigenvalue weighted by Crippen LogP contribution is -2.24. The van der Waals surface area contributed by atoms with Gasteiger partial charge in [0.15, 0.2) is 0 Å². The zero-order valence-corrected chi connectivity index (χ0v) is 15.6. The van der Waals surface area contributed by atoms with Crippen LogP contribution < -0.4 is 5.32 Å². The molecule has 0 saturated heterocycles. The van der Waals surface area contributed by atoms with E-state index < -0.39 is 0 Å². The monoisotopic (exact) mass is 363 g/mol. The Morgan fingerprint density at radius 2 is 1.78 bits per heavy atom. The van der Waals surface area contributed by atoms with Crippen molar-refractivity contribution in [1.82, 2.24) is 15.1 Å². The summed E-state index contributed by atoms with van der Waals surface area (Å²) in [7, 11) is 0. The van der Waals surface area contributed by atoms with Gasteiger partial charge in [-0.25, -0.2) is 0 Å². The molecule has 5 heteroatoms. The lowest BCUT2D eigenvalue weighted by molar-refractivity contribution is -0.121. The Hall–Kier alpha value is -2.92. The zero-order chi connectivity index (χ0) is 18.9. The number of rotatable bonds is 9. The van der Waals surface area contributed by atoms with Gasteiger partial charge in [0.25, 0.3) is 0 Å². The molecule has 3 rings (SSSR count). The van der Waals surface area contributed by atoms with E-state index in [1.165, 1.54) is 0 Å². The maximum atomic E-state index is 12.1. The summed E-state index contributed by atoms with van der Waals surface area (Å²) in [5.41, 5.74) is 4.42. The molecular formula is C22H25N3O2. The number of aromatic nitrogens is 2. The van der Waals surface area contributed by atoms with Crippen LogP contribution >= 0.6 is 0 Å². The van der Waals surface area contributed by atoms with Gasteiger partial charge in [-0.2, -0.15) is 5.10 Å². The molecule has 0 radical (unpaired) electrons. The molecule has 2 aromatic carbocycles. The van der Waals surface area contributed by atoms with Gasteiger partial charge in [0, 0.05) is 25.7 Å². The molecule has 1 aromatic heterocycles. The molecule has 0 fully saturated rings. The van der Waals surface area contributed by atoms with Crippen LogP contribution in [0.25, 0.3) is 0 Å². The molecule has 27 heavy (non-hydrogen) atoms. The van der Waals surface area contributed by atoms with Gasteiger partial charge in [0.05, 0.1) is 19.4 Å². The molecule has 0 spiro atoms. The first-order valence-electron chi connectivity index (χ1n) is 9.15. The molecule has 0 saturated carbocycles. The standard InChI is InChI=1S/C22H25N3O2/c1-18-13-24-25(15-18)12-11-22(26)23-14-20-9-5-6-10-21(20)17-27-16-19-7-3-2-4-8-19/h2-10,13,15H,11-12,14,16-17H2,1H3,(H,23,26). The Bertz CT molecular complexity index is 859. The smallest absolute Gasteiger partial charge is 0.222 e. The van der Waals surface area contributed by atoms with Crippen LogP contribution in [0, 0.1) is 6.92 Å². The lowest BCUT2D eigenvalue weighted by Gasteiger charge is -2.11. The topological polar surface area (TPSA) is 56.2 Å². The van der Waals surface area contributed by atoms with Crippen molar-refractivity contribution in [3.05, 3.63) is 89.2 Å². The highest BCUT2D eigenvalue weighted by Gasteiger charge is 2.06. The van der Waals surface area contributed by atoms with Crippen LogP contribution in [0.4, 0.5) is 0 Å². The third kappa shape index (κ3) is 6.08. The molecule has 0 aliphatic rings. The minimum Gasteiger partial charge on any atom is -0.372 e. The molecule has 0 unspecified atom stereocenters. The highest BCUT2D eigenvalue weighted by Crippen LogP contribution is 2.12. The van der Waals surface area contributed by atoms with Crippen molar-refractivity contribution in [2.45, 2.75) is 39.6 Å². The van der Waals surface area contributed by atoms with Gasteiger partial charge in [-0.15, -0.1) is 0 Å². The van der Waals surface area contributed by atoms with E-state index >= 15 is 0 Å². The van der Waals surface area contributed by atoms with Gasteiger partial charge in [0.2, 0.25) is 5.91 Å². The van der Waals surface area contributed by atoms with E-state index in [0.29, 0.717) is 32.7 Å². The first-order chi connectivity index (χ1) is 13.2. The second-order valence-electron chi connectivity index (χ2n) is 6.55. The second-order valence-corrected chi connectivity index (χ2v) is 6.55. The first kappa shape index (κ1) is 18.9. The van der Waals surface area contributed by atoms with Crippen molar-refractivity contribution in [3.63, 3.8) is 0 Å². The third-order valence-electron chi connectivity index (χ3n) is 4.29. The van der Waals surface area contributed by atoms with E-state index in [1.807, 2.05) is 67.7 Å². The number of carbonyl (C=O) groups is 1. The van der Waals surface area contributed by atoms with E-state index in [2.05, 4.69) is 10.4 Å². The highest BCUT2D eigenvalue weighted by molar-refractivity contribution is 5.75. The number of amides is 1.